The molecule has 0 atom stereocenters. The molecule has 1 aliphatic rings. The molecule has 1 N–H and O–H groups in total. The van der Waals surface area contributed by atoms with Crippen molar-refractivity contribution in [1.82, 2.24) is 9.88 Å². The number of ether oxygens (including phenoxy) is 1. The van der Waals surface area contributed by atoms with Gasteiger partial charge in [0.2, 0.25) is 5.91 Å². The van der Waals surface area contributed by atoms with E-state index < -0.39 is 5.41 Å². The number of pyridine rings is 1. The third kappa shape index (κ3) is 4.51. The average molecular weight is 291 g/mol. The molecular weight excluding hydrogens is 266 g/mol. The highest BCUT2D eigenvalue weighted by molar-refractivity contribution is 5.93. The molecule has 1 aliphatic heterocycles. The first-order valence-electron chi connectivity index (χ1n) is 7.43. The molecule has 2 rings (SSSR count). The number of carbonyl (C=O) groups is 1. The zero-order chi connectivity index (χ0) is 15.5. The smallest absolute Gasteiger partial charge is 0.230 e. The number of hydrogen-bond donors (Lipinski definition) is 1. The van der Waals surface area contributed by atoms with Gasteiger partial charge in [-0.25, -0.2) is 4.98 Å². The third-order valence-corrected chi connectivity index (χ3v) is 3.64. The normalized spacial score (nSPS) is 16.8. The van der Waals surface area contributed by atoms with Crippen LogP contribution >= 0.6 is 0 Å². The van der Waals surface area contributed by atoms with Gasteiger partial charge in [-0.15, -0.1) is 0 Å². The first-order chi connectivity index (χ1) is 9.86. The molecule has 0 radical (unpaired) electrons. The maximum atomic E-state index is 12.0. The van der Waals surface area contributed by atoms with Crippen molar-refractivity contribution in [1.29, 1.82) is 0 Å². The maximum absolute atomic E-state index is 12.0. The summed E-state index contributed by atoms with van der Waals surface area (Å²) in [6.45, 7) is 12.1. The minimum absolute atomic E-state index is 0.0174. The molecule has 1 fully saturated rings. The zero-order valence-corrected chi connectivity index (χ0v) is 13.4. The Morgan fingerprint density at radius 1 is 1.38 bits per heavy atom. The molecule has 2 heterocycles. The minimum atomic E-state index is -0.420. The molecule has 116 valence electrons. The largest absolute Gasteiger partial charge is 0.379 e. The number of aryl methyl sites for hydroxylation is 1. The molecule has 5 heteroatoms. The number of rotatable bonds is 3. The van der Waals surface area contributed by atoms with Gasteiger partial charge in [0, 0.05) is 31.2 Å². The highest BCUT2D eigenvalue weighted by atomic mass is 16.5. The van der Waals surface area contributed by atoms with Gasteiger partial charge in [-0.3, -0.25) is 9.69 Å². The third-order valence-electron chi connectivity index (χ3n) is 3.64. The summed E-state index contributed by atoms with van der Waals surface area (Å²) >= 11 is 0. The quantitative estimate of drug-likeness (QED) is 0.927. The summed E-state index contributed by atoms with van der Waals surface area (Å²) in [4.78, 5) is 18.7. The molecule has 21 heavy (non-hydrogen) atoms. The van der Waals surface area contributed by atoms with Crippen LogP contribution in [0, 0.1) is 12.3 Å². The van der Waals surface area contributed by atoms with E-state index in [1.807, 2.05) is 33.0 Å². The van der Waals surface area contributed by atoms with Gasteiger partial charge in [0.05, 0.1) is 13.2 Å². The summed E-state index contributed by atoms with van der Waals surface area (Å²) in [5.74, 6) is 0.611. The number of carbonyl (C=O) groups excluding carboxylic acids is 1. The molecule has 1 amide bonds. The number of aromatic nitrogens is 1. The topological polar surface area (TPSA) is 54.5 Å². The van der Waals surface area contributed by atoms with E-state index in [9.17, 15) is 4.79 Å². The van der Waals surface area contributed by atoms with Gasteiger partial charge in [0.1, 0.15) is 5.82 Å². The van der Waals surface area contributed by atoms with Crippen LogP contribution in [-0.2, 0) is 16.1 Å². The van der Waals surface area contributed by atoms with Crippen LogP contribution in [0.2, 0.25) is 0 Å². The molecule has 0 spiro atoms. The Bertz CT molecular complexity index is 503. The molecule has 0 bridgehead atoms. The van der Waals surface area contributed by atoms with Gasteiger partial charge >= 0.3 is 0 Å². The van der Waals surface area contributed by atoms with Crippen LogP contribution in [0.25, 0.3) is 0 Å². The van der Waals surface area contributed by atoms with Crippen molar-refractivity contribution < 1.29 is 9.53 Å². The highest BCUT2D eigenvalue weighted by Gasteiger charge is 2.22. The van der Waals surface area contributed by atoms with Crippen LogP contribution in [0.4, 0.5) is 5.82 Å². The van der Waals surface area contributed by atoms with Gasteiger partial charge in [-0.2, -0.15) is 0 Å². The Morgan fingerprint density at radius 2 is 2.05 bits per heavy atom. The Labute approximate surface area is 126 Å². The lowest BCUT2D eigenvalue weighted by Crippen LogP contribution is -2.35. The predicted octanol–water partition coefficient (Wildman–Crippen LogP) is 2.21. The Hall–Kier alpha value is -1.46. The van der Waals surface area contributed by atoms with Crippen LogP contribution in [0.3, 0.4) is 0 Å². The fraction of sp³-hybridized carbons (Fsp3) is 0.625. The molecule has 1 saturated heterocycles. The summed E-state index contributed by atoms with van der Waals surface area (Å²) in [5, 5.41) is 2.89. The second kappa shape index (κ2) is 6.54. The van der Waals surface area contributed by atoms with E-state index in [1.165, 1.54) is 5.56 Å². The monoisotopic (exact) mass is 291 g/mol. The molecule has 1 aromatic rings. The van der Waals surface area contributed by atoms with E-state index >= 15 is 0 Å². The van der Waals surface area contributed by atoms with Crippen LogP contribution < -0.4 is 5.32 Å². The average Bonchev–Trinajstić information content (AvgIpc) is 2.42. The number of nitrogens with zero attached hydrogens (tertiary/aromatic N) is 2. The first-order valence-corrected chi connectivity index (χ1v) is 7.43. The number of nitrogens with one attached hydrogen (secondary N) is 1. The van der Waals surface area contributed by atoms with Crippen LogP contribution in [0.1, 0.15) is 31.9 Å². The molecule has 0 aromatic carbocycles. The first kappa shape index (κ1) is 15.9. The van der Waals surface area contributed by atoms with Gasteiger partial charge in [-0.05, 0) is 24.1 Å². The number of hydrogen-bond acceptors (Lipinski definition) is 4. The van der Waals surface area contributed by atoms with Crippen molar-refractivity contribution in [2.24, 2.45) is 5.41 Å². The standard InChI is InChI=1S/C16H25N3O2/c1-12-10-17-14(18-15(20)16(2,3)4)9-13(12)11-19-5-7-21-8-6-19/h9-10H,5-8,11H2,1-4H3,(H,17,18,20). The lowest BCUT2D eigenvalue weighted by molar-refractivity contribution is -0.123. The van der Waals surface area contributed by atoms with Crippen molar-refractivity contribution in [2.75, 3.05) is 31.6 Å². The van der Waals surface area contributed by atoms with E-state index in [0.29, 0.717) is 5.82 Å². The molecular formula is C16H25N3O2. The predicted molar refractivity (Wildman–Crippen MR) is 83.2 cm³/mol. The van der Waals surface area contributed by atoms with Gasteiger partial charge < -0.3 is 10.1 Å². The van der Waals surface area contributed by atoms with E-state index in [1.54, 1.807) is 0 Å². The molecule has 0 saturated carbocycles. The second-order valence-electron chi connectivity index (χ2n) is 6.59. The SMILES string of the molecule is Cc1cnc(NC(=O)C(C)(C)C)cc1CN1CCOCC1. The minimum Gasteiger partial charge on any atom is -0.379 e. The highest BCUT2D eigenvalue weighted by Crippen LogP contribution is 2.19. The van der Waals surface area contributed by atoms with Crippen molar-refractivity contribution >= 4 is 11.7 Å². The van der Waals surface area contributed by atoms with Crippen molar-refractivity contribution in [3.63, 3.8) is 0 Å². The lowest BCUT2D eigenvalue weighted by Gasteiger charge is -2.27. The van der Waals surface area contributed by atoms with Gasteiger partial charge in [-0.1, -0.05) is 20.8 Å². The van der Waals surface area contributed by atoms with Crippen molar-refractivity contribution in [3.05, 3.63) is 23.4 Å². The van der Waals surface area contributed by atoms with E-state index in [0.717, 1.165) is 38.4 Å². The van der Waals surface area contributed by atoms with Crippen LogP contribution in [-0.4, -0.2) is 42.1 Å². The molecule has 5 nitrogen and oxygen atoms in total. The van der Waals surface area contributed by atoms with E-state index in [2.05, 4.69) is 22.1 Å². The van der Waals surface area contributed by atoms with Gasteiger partial charge in [0.15, 0.2) is 0 Å². The van der Waals surface area contributed by atoms with E-state index in [-0.39, 0.29) is 5.91 Å². The Balaban J connectivity index is 2.07. The fourth-order valence-electron chi connectivity index (χ4n) is 2.11. The number of morpholine rings is 1. The summed E-state index contributed by atoms with van der Waals surface area (Å²) in [6, 6.07) is 1.98. The lowest BCUT2D eigenvalue weighted by atomic mass is 9.96. The van der Waals surface area contributed by atoms with Gasteiger partial charge in [0.25, 0.3) is 0 Å². The summed E-state index contributed by atoms with van der Waals surface area (Å²) < 4.78 is 5.37. The Morgan fingerprint density at radius 3 is 2.67 bits per heavy atom. The maximum Gasteiger partial charge on any atom is 0.230 e. The van der Waals surface area contributed by atoms with Crippen molar-refractivity contribution in [3.8, 4) is 0 Å². The summed E-state index contributed by atoms with van der Waals surface area (Å²) in [6.07, 6.45) is 1.83. The van der Waals surface area contributed by atoms with E-state index in [4.69, 9.17) is 4.74 Å². The number of anilines is 1. The van der Waals surface area contributed by atoms with Crippen molar-refractivity contribution in [2.45, 2.75) is 34.2 Å². The van der Waals surface area contributed by atoms with Crippen LogP contribution in [0.5, 0.6) is 0 Å². The zero-order valence-electron chi connectivity index (χ0n) is 13.4. The van der Waals surface area contributed by atoms with Crippen LogP contribution in [0.15, 0.2) is 12.3 Å². The molecule has 0 aliphatic carbocycles. The summed E-state index contributed by atoms with van der Waals surface area (Å²) in [7, 11) is 0. The second-order valence-corrected chi connectivity index (χ2v) is 6.59. The summed E-state index contributed by atoms with van der Waals surface area (Å²) in [5.41, 5.74) is 1.93. The Kier molecular flexibility index (Phi) is 4.96. The fourth-order valence-corrected chi connectivity index (χ4v) is 2.11. The molecule has 1 aromatic heterocycles. The number of amides is 1. The molecule has 0 unspecified atom stereocenters.